The normalized spacial score (nSPS) is 11.6. The van der Waals surface area contributed by atoms with E-state index < -0.39 is 22.5 Å². The lowest BCUT2D eigenvalue weighted by Crippen LogP contribution is -2.40. The highest BCUT2D eigenvalue weighted by molar-refractivity contribution is 7.92. The molecule has 0 saturated carbocycles. The average molecular weight is 486 g/mol. The Bertz CT molecular complexity index is 1510. The molecule has 0 unspecified atom stereocenters. The Labute approximate surface area is 206 Å². The van der Waals surface area contributed by atoms with E-state index in [4.69, 9.17) is 0 Å². The molecule has 0 heterocycles. The number of anilines is 1. The molecule has 7 heteroatoms. The van der Waals surface area contributed by atoms with Crippen molar-refractivity contribution in [2.45, 2.75) is 25.7 Å². The van der Waals surface area contributed by atoms with Crippen molar-refractivity contribution in [2.75, 3.05) is 10.8 Å². The van der Waals surface area contributed by atoms with Crippen molar-refractivity contribution in [1.29, 1.82) is 0 Å². The summed E-state index contributed by atoms with van der Waals surface area (Å²) in [6.45, 7) is 5.19. The van der Waals surface area contributed by atoms with Crippen LogP contribution in [-0.2, 0) is 14.8 Å². The maximum Gasteiger partial charge on any atom is 0.264 e. The molecule has 4 aromatic carbocycles. The lowest BCUT2D eigenvalue weighted by Gasteiger charge is -2.25. The molecule has 0 radical (unpaired) electrons. The van der Waals surface area contributed by atoms with Gasteiger partial charge in [0.15, 0.2) is 0 Å². The summed E-state index contributed by atoms with van der Waals surface area (Å²) in [5.41, 5.74) is 6.38. The maximum atomic E-state index is 13.6. The molecule has 0 aliphatic rings. The Hall–Kier alpha value is -3.97. The fraction of sp³-hybridized carbons (Fsp3) is 0.143. The number of rotatable bonds is 7. The van der Waals surface area contributed by atoms with Crippen molar-refractivity contribution >= 4 is 38.6 Å². The topological polar surface area (TPSA) is 78.8 Å². The van der Waals surface area contributed by atoms with Crippen molar-refractivity contribution in [3.05, 3.63) is 107 Å². The molecule has 0 saturated heterocycles. The third-order valence-corrected chi connectivity index (χ3v) is 7.52. The summed E-state index contributed by atoms with van der Waals surface area (Å²) in [5, 5.41) is 6.17. The van der Waals surface area contributed by atoms with Gasteiger partial charge in [-0.2, -0.15) is 5.10 Å². The molecule has 0 fully saturated rings. The first-order valence-corrected chi connectivity index (χ1v) is 12.7. The number of hydrazone groups is 1. The van der Waals surface area contributed by atoms with Gasteiger partial charge in [0, 0.05) is 5.56 Å². The van der Waals surface area contributed by atoms with E-state index in [0.29, 0.717) is 5.69 Å². The molecule has 4 aromatic rings. The summed E-state index contributed by atoms with van der Waals surface area (Å²) in [7, 11) is -3.99. The molecule has 0 aliphatic carbocycles. The largest absolute Gasteiger partial charge is 0.271 e. The first kappa shape index (κ1) is 24.2. The van der Waals surface area contributed by atoms with Crippen molar-refractivity contribution < 1.29 is 13.2 Å². The number of carbonyl (C=O) groups excluding carboxylic acids is 1. The zero-order valence-electron chi connectivity index (χ0n) is 19.9. The van der Waals surface area contributed by atoms with Gasteiger partial charge in [-0.25, -0.2) is 13.8 Å². The van der Waals surface area contributed by atoms with Crippen LogP contribution in [0.3, 0.4) is 0 Å². The van der Waals surface area contributed by atoms with Crippen molar-refractivity contribution in [3.63, 3.8) is 0 Å². The van der Waals surface area contributed by atoms with E-state index in [1.807, 2.05) is 75.4 Å². The second-order valence-electron chi connectivity index (χ2n) is 8.48. The Balaban J connectivity index is 1.61. The van der Waals surface area contributed by atoms with Gasteiger partial charge in [-0.3, -0.25) is 9.10 Å². The molecule has 1 amide bonds. The fourth-order valence-electron chi connectivity index (χ4n) is 3.83. The third-order valence-electron chi connectivity index (χ3n) is 5.75. The van der Waals surface area contributed by atoms with E-state index in [9.17, 15) is 13.2 Å². The van der Waals surface area contributed by atoms with E-state index in [0.717, 1.165) is 37.3 Å². The number of benzene rings is 4. The van der Waals surface area contributed by atoms with Gasteiger partial charge in [0.2, 0.25) is 0 Å². The van der Waals surface area contributed by atoms with Crippen LogP contribution in [0.25, 0.3) is 10.8 Å². The second-order valence-corrected chi connectivity index (χ2v) is 10.3. The van der Waals surface area contributed by atoms with Gasteiger partial charge < -0.3 is 0 Å². The van der Waals surface area contributed by atoms with E-state index >= 15 is 0 Å². The highest BCUT2D eigenvalue weighted by Crippen LogP contribution is 2.28. The Morgan fingerprint density at radius 2 is 1.57 bits per heavy atom. The number of nitrogens with zero attached hydrogens (tertiary/aromatic N) is 2. The molecular formula is C28H27N3O3S. The van der Waals surface area contributed by atoms with E-state index in [2.05, 4.69) is 10.5 Å². The van der Waals surface area contributed by atoms with E-state index in [1.165, 1.54) is 0 Å². The molecule has 0 atom stereocenters. The minimum absolute atomic E-state index is 0.121. The molecular weight excluding hydrogens is 458 g/mol. The number of nitrogens with one attached hydrogen (secondary N) is 1. The minimum atomic E-state index is -3.99. The predicted molar refractivity (Wildman–Crippen MR) is 141 cm³/mol. The summed E-state index contributed by atoms with van der Waals surface area (Å²) < 4.78 is 28.3. The van der Waals surface area contributed by atoms with E-state index in [1.54, 1.807) is 36.5 Å². The van der Waals surface area contributed by atoms with Crippen LogP contribution >= 0.6 is 0 Å². The predicted octanol–water partition coefficient (Wildman–Crippen LogP) is 5.11. The Morgan fingerprint density at radius 3 is 2.34 bits per heavy atom. The van der Waals surface area contributed by atoms with Gasteiger partial charge in [-0.05, 0) is 60.9 Å². The number of aryl methyl sites for hydroxylation is 3. The Morgan fingerprint density at radius 1 is 0.886 bits per heavy atom. The number of sulfonamides is 1. The van der Waals surface area contributed by atoms with Crippen LogP contribution in [0.4, 0.5) is 5.69 Å². The van der Waals surface area contributed by atoms with Crippen LogP contribution < -0.4 is 9.73 Å². The highest BCUT2D eigenvalue weighted by Gasteiger charge is 2.28. The summed E-state index contributed by atoms with van der Waals surface area (Å²) in [4.78, 5) is 13.0. The van der Waals surface area contributed by atoms with Gasteiger partial charge in [0.1, 0.15) is 6.54 Å². The molecule has 0 bridgehead atoms. The SMILES string of the molecule is Cc1ccc(S(=O)(=O)N(CC(=O)N/N=C/c2cccc3ccccc23)c2cc(C)ccc2C)cc1. The Kier molecular flexibility index (Phi) is 6.98. The van der Waals surface area contributed by atoms with Crippen molar-refractivity contribution in [1.82, 2.24) is 5.43 Å². The third kappa shape index (κ3) is 5.41. The maximum absolute atomic E-state index is 13.6. The van der Waals surface area contributed by atoms with Gasteiger partial charge in [0.05, 0.1) is 16.8 Å². The zero-order valence-corrected chi connectivity index (χ0v) is 20.7. The fourth-order valence-corrected chi connectivity index (χ4v) is 5.31. The molecule has 4 rings (SSSR count). The molecule has 0 spiro atoms. The van der Waals surface area contributed by atoms with Crippen LogP contribution in [-0.4, -0.2) is 27.1 Å². The lowest BCUT2D eigenvalue weighted by atomic mass is 10.1. The summed E-state index contributed by atoms with van der Waals surface area (Å²) >= 11 is 0. The first-order valence-electron chi connectivity index (χ1n) is 11.2. The second kappa shape index (κ2) is 10.1. The minimum Gasteiger partial charge on any atom is -0.271 e. The zero-order chi connectivity index (χ0) is 25.0. The summed E-state index contributed by atoms with van der Waals surface area (Å²) in [6, 6.07) is 25.8. The molecule has 1 N–H and O–H groups in total. The summed E-state index contributed by atoms with van der Waals surface area (Å²) in [5.74, 6) is -0.543. The molecule has 0 aromatic heterocycles. The average Bonchev–Trinajstić information content (AvgIpc) is 2.84. The summed E-state index contributed by atoms with van der Waals surface area (Å²) in [6.07, 6.45) is 1.57. The quantitative estimate of drug-likeness (QED) is 0.292. The number of hydrogen-bond donors (Lipinski definition) is 1. The van der Waals surface area contributed by atoms with Crippen LogP contribution in [0.2, 0.25) is 0 Å². The van der Waals surface area contributed by atoms with Gasteiger partial charge >= 0.3 is 0 Å². The van der Waals surface area contributed by atoms with Crippen LogP contribution in [0.15, 0.2) is 94.9 Å². The smallest absolute Gasteiger partial charge is 0.264 e. The number of amides is 1. The van der Waals surface area contributed by atoms with E-state index in [-0.39, 0.29) is 4.90 Å². The lowest BCUT2D eigenvalue weighted by molar-refractivity contribution is -0.119. The standard InChI is InChI=1S/C28H27N3O3S/c1-20-12-15-25(16-13-20)35(33,34)31(27-17-21(2)11-14-22(27)3)19-28(32)30-29-18-24-9-6-8-23-7-4-5-10-26(23)24/h4-18H,19H2,1-3H3,(H,30,32)/b29-18+. The molecule has 178 valence electrons. The number of hydrogen-bond acceptors (Lipinski definition) is 4. The number of carbonyl (C=O) groups is 1. The first-order chi connectivity index (χ1) is 16.8. The van der Waals surface area contributed by atoms with Gasteiger partial charge in [-0.1, -0.05) is 72.3 Å². The highest BCUT2D eigenvalue weighted by atomic mass is 32.2. The van der Waals surface area contributed by atoms with Gasteiger partial charge in [0.25, 0.3) is 15.9 Å². The molecule has 35 heavy (non-hydrogen) atoms. The molecule has 0 aliphatic heterocycles. The number of fused-ring (bicyclic) bond motifs is 1. The molecule has 6 nitrogen and oxygen atoms in total. The van der Waals surface area contributed by atoms with Crippen LogP contribution in [0, 0.1) is 20.8 Å². The monoisotopic (exact) mass is 485 g/mol. The van der Waals surface area contributed by atoms with Crippen molar-refractivity contribution in [2.24, 2.45) is 5.10 Å². The van der Waals surface area contributed by atoms with Crippen molar-refractivity contribution in [3.8, 4) is 0 Å². The van der Waals surface area contributed by atoms with Gasteiger partial charge in [-0.15, -0.1) is 0 Å². The van der Waals surface area contributed by atoms with Crippen LogP contribution in [0.1, 0.15) is 22.3 Å². The van der Waals surface area contributed by atoms with Crippen LogP contribution in [0.5, 0.6) is 0 Å².